The smallest absolute Gasteiger partial charge is 0.261 e. The van der Waals surface area contributed by atoms with Crippen molar-refractivity contribution in [3.8, 4) is 0 Å². The van der Waals surface area contributed by atoms with E-state index in [9.17, 15) is 14.4 Å². The van der Waals surface area contributed by atoms with Crippen molar-refractivity contribution in [3.05, 3.63) is 59.0 Å². The molecule has 0 unspecified atom stereocenters. The van der Waals surface area contributed by atoms with E-state index < -0.39 is 5.91 Å². The molecule has 24 heavy (non-hydrogen) atoms. The zero-order valence-electron chi connectivity index (χ0n) is 13.4. The minimum absolute atomic E-state index is 0.0807. The van der Waals surface area contributed by atoms with E-state index in [4.69, 9.17) is 4.42 Å². The molecule has 2 heterocycles. The van der Waals surface area contributed by atoms with Crippen molar-refractivity contribution in [1.29, 1.82) is 0 Å². The Labute approximate surface area is 139 Å². The molecule has 3 amide bonds. The van der Waals surface area contributed by atoms with E-state index >= 15 is 0 Å². The molecule has 1 aromatic carbocycles. The summed E-state index contributed by atoms with van der Waals surface area (Å²) in [4.78, 5) is 38.1. The van der Waals surface area contributed by atoms with Crippen molar-refractivity contribution in [2.45, 2.75) is 26.3 Å². The van der Waals surface area contributed by atoms with Crippen LogP contribution in [0.3, 0.4) is 0 Å². The molecule has 0 radical (unpaired) electrons. The van der Waals surface area contributed by atoms with Crippen LogP contribution in [0, 0.1) is 0 Å². The number of amides is 3. The van der Waals surface area contributed by atoms with E-state index in [0.29, 0.717) is 23.4 Å². The fourth-order valence-electron chi connectivity index (χ4n) is 2.61. The van der Waals surface area contributed by atoms with Crippen LogP contribution in [0.15, 0.2) is 41.0 Å². The molecule has 0 saturated carbocycles. The molecule has 0 fully saturated rings. The summed E-state index contributed by atoms with van der Waals surface area (Å²) >= 11 is 0. The second-order valence-electron chi connectivity index (χ2n) is 5.65. The summed E-state index contributed by atoms with van der Waals surface area (Å²) in [6, 6.07) is 8.00. The largest absolute Gasteiger partial charge is 0.467 e. The molecule has 0 spiro atoms. The van der Waals surface area contributed by atoms with Gasteiger partial charge in [0, 0.05) is 12.1 Å². The molecule has 6 heteroatoms. The second-order valence-corrected chi connectivity index (χ2v) is 5.65. The van der Waals surface area contributed by atoms with Gasteiger partial charge in [-0.1, -0.05) is 13.3 Å². The minimum Gasteiger partial charge on any atom is -0.467 e. The van der Waals surface area contributed by atoms with Crippen LogP contribution >= 0.6 is 0 Å². The van der Waals surface area contributed by atoms with Crippen molar-refractivity contribution >= 4 is 17.7 Å². The summed E-state index contributed by atoms with van der Waals surface area (Å²) in [6.07, 6.45) is 3.37. The first-order valence-corrected chi connectivity index (χ1v) is 7.92. The Morgan fingerprint density at radius 3 is 2.67 bits per heavy atom. The molecule has 0 aliphatic carbocycles. The molecule has 1 aromatic heterocycles. The third kappa shape index (κ3) is 2.95. The van der Waals surface area contributed by atoms with E-state index in [1.807, 2.05) is 6.92 Å². The van der Waals surface area contributed by atoms with Crippen molar-refractivity contribution in [1.82, 2.24) is 10.2 Å². The lowest BCUT2D eigenvalue weighted by Gasteiger charge is -2.11. The molecule has 3 rings (SSSR count). The summed E-state index contributed by atoms with van der Waals surface area (Å²) in [5, 5.41) is 2.80. The molecule has 124 valence electrons. The summed E-state index contributed by atoms with van der Waals surface area (Å²) in [7, 11) is 0. The minimum atomic E-state index is -0.408. The third-order valence-electron chi connectivity index (χ3n) is 3.94. The maximum absolute atomic E-state index is 12.5. The molecule has 1 aliphatic heterocycles. The summed E-state index contributed by atoms with van der Waals surface area (Å²) in [5.41, 5.74) is 0.956. The second kappa shape index (κ2) is 6.70. The monoisotopic (exact) mass is 326 g/mol. The summed E-state index contributed by atoms with van der Waals surface area (Å²) in [5.74, 6) is -0.489. The maximum Gasteiger partial charge on any atom is 0.261 e. The molecular formula is C18H18N2O4. The van der Waals surface area contributed by atoms with E-state index in [1.54, 1.807) is 18.2 Å². The number of nitrogens with one attached hydrogen (secondary N) is 1. The number of fused-ring (bicyclic) bond motifs is 1. The van der Waals surface area contributed by atoms with Crippen LogP contribution in [0.2, 0.25) is 0 Å². The highest BCUT2D eigenvalue weighted by Crippen LogP contribution is 2.25. The number of furan rings is 1. The van der Waals surface area contributed by atoms with Gasteiger partial charge < -0.3 is 9.73 Å². The quantitative estimate of drug-likeness (QED) is 0.653. The van der Waals surface area contributed by atoms with Crippen LogP contribution in [0.5, 0.6) is 0 Å². The Bertz CT molecular complexity index is 780. The zero-order chi connectivity index (χ0) is 17.1. The number of imide groups is 1. The molecule has 0 atom stereocenters. The lowest BCUT2D eigenvalue weighted by Crippen LogP contribution is -2.28. The number of carbonyl (C=O) groups excluding carboxylic acids is 3. The normalized spacial score (nSPS) is 13.3. The van der Waals surface area contributed by atoms with Crippen LogP contribution in [-0.2, 0) is 6.54 Å². The number of hydrogen-bond donors (Lipinski definition) is 1. The van der Waals surface area contributed by atoms with Crippen LogP contribution in [0.25, 0.3) is 0 Å². The Kier molecular flexibility index (Phi) is 4.46. The summed E-state index contributed by atoms with van der Waals surface area (Å²) < 4.78 is 5.20. The molecule has 1 aliphatic rings. The van der Waals surface area contributed by atoms with Gasteiger partial charge in [0.15, 0.2) is 0 Å². The van der Waals surface area contributed by atoms with E-state index in [1.165, 1.54) is 18.4 Å². The first-order chi connectivity index (χ1) is 11.6. The Balaban J connectivity index is 1.79. The van der Waals surface area contributed by atoms with Gasteiger partial charge in [-0.3, -0.25) is 19.3 Å². The fourth-order valence-corrected chi connectivity index (χ4v) is 2.61. The Morgan fingerprint density at radius 2 is 1.96 bits per heavy atom. The van der Waals surface area contributed by atoms with Gasteiger partial charge in [-0.25, -0.2) is 0 Å². The topological polar surface area (TPSA) is 79.6 Å². The Morgan fingerprint density at radius 1 is 1.17 bits per heavy atom. The lowest BCUT2D eigenvalue weighted by molar-refractivity contribution is 0.0631. The van der Waals surface area contributed by atoms with E-state index in [0.717, 1.165) is 17.7 Å². The van der Waals surface area contributed by atoms with Gasteiger partial charge in [-0.2, -0.15) is 0 Å². The standard InChI is InChI=1S/C18H18N2O4/c1-2-3-8-19-16(21)12-6-7-14-15(10-12)18(23)20(17(14)22)11-13-5-4-9-24-13/h4-7,9-10H,2-3,8,11H2,1H3,(H,19,21). The average molecular weight is 326 g/mol. The van der Waals surface area contributed by atoms with Crippen LogP contribution in [0.1, 0.15) is 56.6 Å². The number of hydrogen-bond acceptors (Lipinski definition) is 4. The van der Waals surface area contributed by atoms with Crippen LogP contribution in [-0.4, -0.2) is 29.2 Å². The highest BCUT2D eigenvalue weighted by molar-refractivity contribution is 6.21. The molecule has 1 N–H and O–H groups in total. The van der Waals surface area contributed by atoms with E-state index in [2.05, 4.69) is 5.32 Å². The zero-order valence-corrected chi connectivity index (χ0v) is 13.4. The average Bonchev–Trinajstić information content (AvgIpc) is 3.18. The SMILES string of the molecule is CCCCNC(=O)c1ccc2c(c1)C(=O)N(Cc1ccco1)C2=O. The predicted molar refractivity (Wildman–Crippen MR) is 86.6 cm³/mol. The van der Waals surface area contributed by atoms with Gasteiger partial charge in [0.2, 0.25) is 0 Å². The molecule has 2 aromatic rings. The molecular weight excluding hydrogens is 308 g/mol. The number of nitrogens with zero attached hydrogens (tertiary/aromatic N) is 1. The Hall–Kier alpha value is -2.89. The predicted octanol–water partition coefficient (Wildman–Crippen LogP) is 2.61. The van der Waals surface area contributed by atoms with Crippen LogP contribution < -0.4 is 5.32 Å². The molecule has 0 saturated heterocycles. The van der Waals surface area contributed by atoms with Crippen molar-refractivity contribution < 1.29 is 18.8 Å². The summed E-state index contributed by atoms with van der Waals surface area (Å²) in [6.45, 7) is 2.71. The van der Waals surface area contributed by atoms with Crippen molar-refractivity contribution in [2.75, 3.05) is 6.54 Å². The third-order valence-corrected chi connectivity index (χ3v) is 3.94. The van der Waals surface area contributed by atoms with Gasteiger partial charge in [0.1, 0.15) is 5.76 Å². The fraction of sp³-hybridized carbons (Fsp3) is 0.278. The lowest BCUT2D eigenvalue weighted by atomic mass is 10.1. The molecule has 0 bridgehead atoms. The van der Waals surface area contributed by atoms with Gasteiger partial charge >= 0.3 is 0 Å². The highest BCUT2D eigenvalue weighted by Gasteiger charge is 2.36. The van der Waals surface area contributed by atoms with Gasteiger partial charge in [-0.15, -0.1) is 0 Å². The van der Waals surface area contributed by atoms with Gasteiger partial charge in [-0.05, 0) is 36.8 Å². The molecule has 6 nitrogen and oxygen atoms in total. The first kappa shape index (κ1) is 16.0. The first-order valence-electron chi connectivity index (χ1n) is 7.92. The van der Waals surface area contributed by atoms with Crippen molar-refractivity contribution in [2.24, 2.45) is 0 Å². The van der Waals surface area contributed by atoms with Crippen molar-refractivity contribution in [3.63, 3.8) is 0 Å². The number of unbranched alkanes of at least 4 members (excludes halogenated alkanes) is 1. The number of rotatable bonds is 6. The highest BCUT2D eigenvalue weighted by atomic mass is 16.3. The number of carbonyl (C=O) groups is 3. The van der Waals surface area contributed by atoms with E-state index in [-0.39, 0.29) is 23.9 Å². The van der Waals surface area contributed by atoms with Gasteiger partial charge in [0.25, 0.3) is 17.7 Å². The van der Waals surface area contributed by atoms with Gasteiger partial charge in [0.05, 0.1) is 23.9 Å². The maximum atomic E-state index is 12.5. The number of benzene rings is 1. The van der Waals surface area contributed by atoms with Crippen LogP contribution in [0.4, 0.5) is 0 Å².